The van der Waals surface area contributed by atoms with Gasteiger partial charge >= 0.3 is 0 Å². The fourth-order valence-corrected chi connectivity index (χ4v) is 4.07. The van der Waals surface area contributed by atoms with Gasteiger partial charge in [-0.3, -0.25) is 4.72 Å². The van der Waals surface area contributed by atoms with Gasteiger partial charge in [0.25, 0.3) is 10.0 Å². The van der Waals surface area contributed by atoms with Gasteiger partial charge in [-0.1, -0.05) is 45.0 Å². The standard InChI is InChI=1S/C20H23N5O2S/c1-20(2,3)15-7-11-18(12-8-15)28(26,27)22-16-6-4-5-14(13-16)19-21-23-24-25(19)17-9-10-17/h4-8,11-13,17,22H,9-10H2,1-3H3. The molecule has 0 spiro atoms. The number of hydrogen-bond donors (Lipinski definition) is 1. The van der Waals surface area contributed by atoms with E-state index in [1.807, 2.05) is 18.2 Å². The van der Waals surface area contributed by atoms with E-state index in [2.05, 4.69) is 41.0 Å². The van der Waals surface area contributed by atoms with Crippen LogP contribution in [0, 0.1) is 0 Å². The van der Waals surface area contributed by atoms with Crippen molar-refractivity contribution in [3.63, 3.8) is 0 Å². The van der Waals surface area contributed by atoms with Crippen molar-refractivity contribution >= 4 is 15.7 Å². The molecule has 3 aromatic rings. The Morgan fingerprint density at radius 1 is 1.07 bits per heavy atom. The minimum Gasteiger partial charge on any atom is -0.280 e. The molecule has 1 fully saturated rings. The van der Waals surface area contributed by atoms with Crippen LogP contribution in [0.25, 0.3) is 11.4 Å². The van der Waals surface area contributed by atoms with E-state index in [0.29, 0.717) is 17.6 Å². The monoisotopic (exact) mass is 397 g/mol. The first-order valence-electron chi connectivity index (χ1n) is 9.26. The van der Waals surface area contributed by atoms with E-state index >= 15 is 0 Å². The zero-order valence-corrected chi connectivity index (χ0v) is 16.9. The molecule has 0 aliphatic heterocycles. The Labute approximate surface area is 164 Å². The van der Waals surface area contributed by atoms with Crippen LogP contribution in [0.3, 0.4) is 0 Å². The van der Waals surface area contributed by atoms with Crippen LogP contribution in [0.1, 0.15) is 45.2 Å². The van der Waals surface area contributed by atoms with Gasteiger partial charge in [0.15, 0.2) is 5.82 Å². The average Bonchev–Trinajstić information content (AvgIpc) is 3.37. The van der Waals surface area contributed by atoms with Crippen LogP contribution in [-0.4, -0.2) is 28.6 Å². The quantitative estimate of drug-likeness (QED) is 0.708. The van der Waals surface area contributed by atoms with E-state index in [-0.39, 0.29) is 10.3 Å². The minimum atomic E-state index is -3.68. The van der Waals surface area contributed by atoms with Gasteiger partial charge in [0, 0.05) is 11.3 Å². The van der Waals surface area contributed by atoms with Crippen LogP contribution in [0.15, 0.2) is 53.4 Å². The number of rotatable bonds is 5. The van der Waals surface area contributed by atoms with Crippen molar-refractivity contribution in [3.05, 3.63) is 54.1 Å². The molecule has 0 unspecified atom stereocenters. The normalized spacial score (nSPS) is 14.8. The number of nitrogens with zero attached hydrogens (tertiary/aromatic N) is 4. The molecule has 1 N–H and O–H groups in total. The van der Waals surface area contributed by atoms with Gasteiger partial charge in [0.2, 0.25) is 0 Å². The summed E-state index contributed by atoms with van der Waals surface area (Å²) in [4.78, 5) is 0.230. The molecule has 1 aliphatic carbocycles. The first kappa shape index (κ1) is 18.6. The van der Waals surface area contributed by atoms with E-state index in [9.17, 15) is 8.42 Å². The Morgan fingerprint density at radius 3 is 2.43 bits per heavy atom. The second-order valence-corrected chi connectivity index (χ2v) is 9.82. The summed E-state index contributed by atoms with van der Waals surface area (Å²) in [6, 6.07) is 14.5. The molecule has 1 heterocycles. The zero-order valence-electron chi connectivity index (χ0n) is 16.1. The Balaban J connectivity index is 1.59. The summed E-state index contributed by atoms with van der Waals surface area (Å²) in [5.41, 5.74) is 2.30. The number of benzene rings is 2. The van der Waals surface area contributed by atoms with E-state index < -0.39 is 10.0 Å². The lowest BCUT2D eigenvalue weighted by molar-refractivity contribution is 0.587. The largest absolute Gasteiger partial charge is 0.280 e. The van der Waals surface area contributed by atoms with Gasteiger partial charge in [0.1, 0.15) is 0 Å². The Hall–Kier alpha value is -2.74. The molecule has 0 amide bonds. The van der Waals surface area contributed by atoms with Gasteiger partial charge in [-0.05, 0) is 58.5 Å². The molecule has 146 valence electrons. The van der Waals surface area contributed by atoms with Crippen molar-refractivity contribution < 1.29 is 8.42 Å². The smallest absolute Gasteiger partial charge is 0.261 e. The maximum Gasteiger partial charge on any atom is 0.261 e. The zero-order chi connectivity index (χ0) is 19.9. The number of aromatic nitrogens is 4. The van der Waals surface area contributed by atoms with E-state index in [1.165, 1.54) is 0 Å². The van der Waals surface area contributed by atoms with Gasteiger partial charge in [0.05, 0.1) is 10.9 Å². The summed E-state index contributed by atoms with van der Waals surface area (Å²) < 4.78 is 30.0. The number of hydrogen-bond acceptors (Lipinski definition) is 5. The maximum absolute atomic E-state index is 12.8. The third-order valence-electron chi connectivity index (χ3n) is 4.79. The molecule has 0 radical (unpaired) electrons. The Kier molecular flexibility index (Phi) is 4.45. The highest BCUT2D eigenvalue weighted by molar-refractivity contribution is 7.92. The lowest BCUT2D eigenvalue weighted by Crippen LogP contribution is -2.15. The van der Waals surface area contributed by atoms with Crippen LogP contribution in [0.4, 0.5) is 5.69 Å². The molecule has 0 atom stereocenters. The highest BCUT2D eigenvalue weighted by Crippen LogP contribution is 2.37. The van der Waals surface area contributed by atoms with Gasteiger partial charge in [-0.2, -0.15) is 0 Å². The highest BCUT2D eigenvalue weighted by atomic mass is 32.2. The van der Waals surface area contributed by atoms with E-state index in [1.54, 1.807) is 35.0 Å². The molecule has 4 rings (SSSR count). The third kappa shape index (κ3) is 3.77. The Morgan fingerprint density at radius 2 is 1.79 bits per heavy atom. The summed E-state index contributed by atoms with van der Waals surface area (Å²) in [5, 5.41) is 11.9. The number of anilines is 1. The Bertz CT molecular complexity index is 1090. The fourth-order valence-electron chi connectivity index (χ4n) is 3.02. The van der Waals surface area contributed by atoms with Crippen molar-refractivity contribution in [3.8, 4) is 11.4 Å². The van der Waals surface area contributed by atoms with Crippen LogP contribution in [0.5, 0.6) is 0 Å². The number of tetrazole rings is 1. The second kappa shape index (κ2) is 6.70. The van der Waals surface area contributed by atoms with Crippen LogP contribution >= 0.6 is 0 Å². The van der Waals surface area contributed by atoms with Crippen LogP contribution in [-0.2, 0) is 15.4 Å². The van der Waals surface area contributed by atoms with Gasteiger partial charge in [-0.15, -0.1) is 5.10 Å². The molecule has 0 saturated heterocycles. The molecular weight excluding hydrogens is 374 g/mol. The average molecular weight is 398 g/mol. The molecule has 7 nitrogen and oxygen atoms in total. The number of sulfonamides is 1. The van der Waals surface area contributed by atoms with Crippen molar-refractivity contribution in [2.45, 2.75) is 50.0 Å². The predicted molar refractivity (Wildman–Crippen MR) is 107 cm³/mol. The van der Waals surface area contributed by atoms with Crippen LogP contribution < -0.4 is 4.72 Å². The minimum absolute atomic E-state index is 0.0321. The van der Waals surface area contributed by atoms with E-state index in [0.717, 1.165) is 24.0 Å². The first-order chi connectivity index (χ1) is 13.2. The second-order valence-electron chi connectivity index (χ2n) is 8.14. The molecule has 1 aromatic heterocycles. The van der Waals surface area contributed by atoms with Crippen molar-refractivity contribution in [1.82, 2.24) is 20.2 Å². The van der Waals surface area contributed by atoms with E-state index in [4.69, 9.17) is 0 Å². The lowest BCUT2D eigenvalue weighted by Gasteiger charge is -2.19. The lowest BCUT2D eigenvalue weighted by atomic mass is 9.87. The molecular formula is C20H23N5O2S. The number of nitrogens with one attached hydrogen (secondary N) is 1. The maximum atomic E-state index is 12.8. The molecule has 0 bridgehead atoms. The molecule has 28 heavy (non-hydrogen) atoms. The molecule has 8 heteroatoms. The summed E-state index contributed by atoms with van der Waals surface area (Å²) in [5.74, 6) is 0.651. The SMILES string of the molecule is CC(C)(C)c1ccc(S(=O)(=O)Nc2cccc(-c3nnnn3C3CC3)c2)cc1. The highest BCUT2D eigenvalue weighted by Gasteiger charge is 2.28. The van der Waals surface area contributed by atoms with Crippen LogP contribution in [0.2, 0.25) is 0 Å². The summed E-state index contributed by atoms with van der Waals surface area (Å²) in [6.07, 6.45) is 2.13. The molecule has 1 saturated carbocycles. The van der Waals surface area contributed by atoms with Gasteiger partial charge < -0.3 is 0 Å². The van der Waals surface area contributed by atoms with Gasteiger partial charge in [-0.25, -0.2) is 13.1 Å². The van der Waals surface area contributed by atoms with Crippen molar-refractivity contribution in [2.75, 3.05) is 4.72 Å². The molecule has 2 aromatic carbocycles. The molecule has 1 aliphatic rings. The predicted octanol–water partition coefficient (Wildman–Crippen LogP) is 3.77. The fraction of sp³-hybridized carbons (Fsp3) is 0.350. The van der Waals surface area contributed by atoms with Crippen molar-refractivity contribution in [1.29, 1.82) is 0 Å². The topological polar surface area (TPSA) is 89.8 Å². The summed E-state index contributed by atoms with van der Waals surface area (Å²) in [6.45, 7) is 6.28. The third-order valence-corrected chi connectivity index (χ3v) is 6.19. The van der Waals surface area contributed by atoms with Crippen molar-refractivity contribution in [2.24, 2.45) is 0 Å². The summed E-state index contributed by atoms with van der Waals surface area (Å²) in [7, 11) is -3.68. The summed E-state index contributed by atoms with van der Waals surface area (Å²) >= 11 is 0. The first-order valence-corrected chi connectivity index (χ1v) is 10.7.